The van der Waals surface area contributed by atoms with E-state index < -0.39 is 18.0 Å². The molecular formula is C19H15F3N2O4S. The Hall–Kier alpha value is -3.27. The lowest BCUT2D eigenvalue weighted by Gasteiger charge is -2.15. The molecule has 29 heavy (non-hydrogen) atoms. The van der Waals surface area contributed by atoms with E-state index in [0.29, 0.717) is 22.7 Å². The number of amides is 1. The van der Waals surface area contributed by atoms with Crippen LogP contribution in [-0.4, -0.2) is 31.6 Å². The van der Waals surface area contributed by atoms with E-state index in [1.807, 2.05) is 0 Å². The van der Waals surface area contributed by atoms with Crippen LogP contribution in [0.3, 0.4) is 0 Å². The van der Waals surface area contributed by atoms with Crippen molar-refractivity contribution in [2.75, 3.05) is 19.1 Å². The van der Waals surface area contributed by atoms with Crippen molar-refractivity contribution in [3.05, 3.63) is 53.7 Å². The summed E-state index contributed by atoms with van der Waals surface area (Å²) in [5.41, 5.74) is 1.06. The van der Waals surface area contributed by atoms with Gasteiger partial charge in [-0.3, -0.25) is 9.69 Å². The van der Waals surface area contributed by atoms with Crippen LogP contribution in [0.4, 0.5) is 18.9 Å². The molecule has 10 heteroatoms. The third-order valence-corrected chi connectivity index (χ3v) is 4.22. The number of ether oxygens (including phenoxy) is 3. The molecule has 0 radical (unpaired) electrons. The van der Waals surface area contributed by atoms with Crippen LogP contribution in [0.25, 0.3) is 6.08 Å². The van der Waals surface area contributed by atoms with Crippen molar-refractivity contribution in [1.82, 2.24) is 5.32 Å². The standard InChI is InChI=1S/C19H15F3N2O4S/c1-26-15-5-3-4-11(16(15)27-2)10-14-17(25)24(18(29)23-14)12-6-8-13(9-7-12)28-19(20,21)22/h3-10H,1-2H3,(H,23,29)/b14-10-. The number of halogens is 3. The van der Waals surface area contributed by atoms with Crippen LogP contribution in [-0.2, 0) is 4.79 Å². The lowest BCUT2D eigenvalue weighted by molar-refractivity contribution is -0.274. The van der Waals surface area contributed by atoms with Gasteiger partial charge in [0.2, 0.25) is 0 Å². The molecule has 3 rings (SSSR count). The molecule has 0 saturated carbocycles. The molecule has 1 fully saturated rings. The summed E-state index contributed by atoms with van der Waals surface area (Å²) in [5, 5.41) is 2.89. The Morgan fingerprint density at radius 2 is 1.76 bits per heavy atom. The smallest absolute Gasteiger partial charge is 0.493 e. The number of para-hydroxylation sites is 1. The number of methoxy groups -OCH3 is 2. The Morgan fingerprint density at radius 1 is 1.07 bits per heavy atom. The lowest BCUT2D eigenvalue weighted by atomic mass is 10.1. The second-order valence-electron chi connectivity index (χ2n) is 5.75. The van der Waals surface area contributed by atoms with E-state index in [1.54, 1.807) is 24.3 Å². The molecule has 1 amide bonds. The van der Waals surface area contributed by atoms with Crippen molar-refractivity contribution in [1.29, 1.82) is 0 Å². The predicted octanol–water partition coefficient (Wildman–Crippen LogP) is 3.86. The molecule has 2 aromatic rings. The molecule has 0 bridgehead atoms. The fourth-order valence-electron chi connectivity index (χ4n) is 2.75. The Bertz CT molecular complexity index is 974. The second-order valence-corrected chi connectivity index (χ2v) is 6.14. The molecule has 6 nitrogen and oxygen atoms in total. The van der Waals surface area contributed by atoms with Gasteiger partial charge in [-0.15, -0.1) is 13.2 Å². The monoisotopic (exact) mass is 424 g/mol. The van der Waals surface area contributed by atoms with Gasteiger partial charge >= 0.3 is 6.36 Å². The molecule has 152 valence electrons. The topological polar surface area (TPSA) is 60.0 Å². The molecule has 2 aromatic carbocycles. The highest BCUT2D eigenvalue weighted by Crippen LogP contribution is 2.33. The van der Waals surface area contributed by atoms with Gasteiger partial charge in [0.15, 0.2) is 16.6 Å². The van der Waals surface area contributed by atoms with Gasteiger partial charge in [0.05, 0.1) is 19.9 Å². The van der Waals surface area contributed by atoms with Gasteiger partial charge in [0, 0.05) is 5.56 Å². The molecule has 1 saturated heterocycles. The van der Waals surface area contributed by atoms with E-state index in [4.69, 9.17) is 21.7 Å². The summed E-state index contributed by atoms with van der Waals surface area (Å²) < 4.78 is 51.3. The van der Waals surface area contributed by atoms with E-state index in [2.05, 4.69) is 10.1 Å². The number of carbonyl (C=O) groups is 1. The maximum Gasteiger partial charge on any atom is 0.573 e. The number of thiocarbonyl (C=S) groups is 1. The zero-order valence-corrected chi connectivity index (χ0v) is 16.1. The van der Waals surface area contributed by atoms with Gasteiger partial charge in [0.1, 0.15) is 11.4 Å². The third-order valence-electron chi connectivity index (χ3n) is 3.94. The van der Waals surface area contributed by atoms with Crippen LogP contribution < -0.4 is 24.4 Å². The molecular weight excluding hydrogens is 409 g/mol. The summed E-state index contributed by atoms with van der Waals surface area (Å²) in [6, 6.07) is 10.0. The summed E-state index contributed by atoms with van der Waals surface area (Å²) >= 11 is 5.21. The van der Waals surface area contributed by atoms with E-state index in [9.17, 15) is 18.0 Å². The summed E-state index contributed by atoms with van der Waals surface area (Å²) in [7, 11) is 2.97. The molecule has 0 atom stereocenters. The number of benzene rings is 2. The Balaban J connectivity index is 1.88. The number of nitrogens with zero attached hydrogens (tertiary/aromatic N) is 1. The molecule has 1 heterocycles. The van der Waals surface area contributed by atoms with Gasteiger partial charge in [-0.25, -0.2) is 0 Å². The number of rotatable bonds is 5. The zero-order valence-electron chi connectivity index (χ0n) is 15.2. The van der Waals surface area contributed by atoms with Crippen LogP contribution in [0.5, 0.6) is 17.2 Å². The highest BCUT2D eigenvalue weighted by molar-refractivity contribution is 7.80. The first-order valence-corrected chi connectivity index (χ1v) is 8.58. The number of hydrogen-bond acceptors (Lipinski definition) is 5. The third kappa shape index (κ3) is 4.43. The summed E-state index contributed by atoms with van der Waals surface area (Å²) in [5.74, 6) is 0.0649. The van der Waals surface area contributed by atoms with Crippen LogP contribution in [0.2, 0.25) is 0 Å². The summed E-state index contributed by atoms with van der Waals surface area (Å²) in [4.78, 5) is 14.0. The van der Waals surface area contributed by atoms with Crippen LogP contribution >= 0.6 is 12.2 Å². The van der Waals surface area contributed by atoms with Gasteiger partial charge in [-0.05, 0) is 48.6 Å². The minimum atomic E-state index is -4.80. The fourth-order valence-corrected chi connectivity index (χ4v) is 3.05. The zero-order chi connectivity index (χ0) is 21.2. The van der Waals surface area contributed by atoms with E-state index in [-0.39, 0.29) is 10.8 Å². The maximum absolute atomic E-state index is 12.8. The van der Waals surface area contributed by atoms with Crippen molar-refractivity contribution in [2.45, 2.75) is 6.36 Å². The SMILES string of the molecule is COc1cccc(/C=C2\NC(=S)N(c3ccc(OC(F)(F)F)cc3)C2=O)c1OC. The molecule has 0 aromatic heterocycles. The number of carbonyl (C=O) groups excluding carboxylic acids is 1. The molecule has 1 aliphatic rings. The van der Waals surface area contributed by atoms with Gasteiger partial charge < -0.3 is 19.5 Å². The highest BCUT2D eigenvalue weighted by Gasteiger charge is 2.33. The molecule has 0 aliphatic carbocycles. The van der Waals surface area contributed by atoms with Crippen LogP contribution in [0.15, 0.2) is 48.2 Å². The van der Waals surface area contributed by atoms with E-state index in [1.165, 1.54) is 31.3 Å². The van der Waals surface area contributed by atoms with E-state index >= 15 is 0 Å². The summed E-state index contributed by atoms with van der Waals surface area (Å²) in [6.45, 7) is 0. The normalized spacial score (nSPS) is 15.5. The molecule has 0 spiro atoms. The number of anilines is 1. The summed E-state index contributed by atoms with van der Waals surface area (Å²) in [6.07, 6.45) is -3.25. The largest absolute Gasteiger partial charge is 0.573 e. The van der Waals surface area contributed by atoms with Crippen molar-refractivity contribution in [3.63, 3.8) is 0 Å². The van der Waals surface area contributed by atoms with E-state index in [0.717, 1.165) is 12.1 Å². The minimum Gasteiger partial charge on any atom is -0.493 e. The predicted molar refractivity (Wildman–Crippen MR) is 104 cm³/mol. The highest BCUT2D eigenvalue weighted by atomic mass is 32.1. The first-order valence-electron chi connectivity index (χ1n) is 8.17. The van der Waals surface area contributed by atoms with Gasteiger partial charge in [0.25, 0.3) is 5.91 Å². The van der Waals surface area contributed by atoms with Crippen molar-refractivity contribution >= 4 is 35.0 Å². The van der Waals surface area contributed by atoms with Crippen molar-refractivity contribution in [3.8, 4) is 17.2 Å². The average Bonchev–Trinajstić information content (AvgIpc) is 2.94. The maximum atomic E-state index is 12.8. The Labute approximate surface area is 169 Å². The Morgan fingerprint density at radius 3 is 2.34 bits per heavy atom. The number of nitrogens with one attached hydrogen (secondary N) is 1. The fraction of sp³-hybridized carbons (Fsp3) is 0.158. The van der Waals surface area contributed by atoms with Gasteiger partial charge in [-0.2, -0.15) is 0 Å². The minimum absolute atomic E-state index is 0.0904. The second kappa shape index (κ2) is 8.00. The van der Waals surface area contributed by atoms with Crippen molar-refractivity contribution in [2.24, 2.45) is 0 Å². The molecule has 0 unspecified atom stereocenters. The van der Waals surface area contributed by atoms with Crippen molar-refractivity contribution < 1.29 is 32.2 Å². The first-order chi connectivity index (χ1) is 13.7. The Kier molecular flexibility index (Phi) is 5.64. The molecule has 1 N–H and O–H groups in total. The first kappa shape index (κ1) is 20.5. The quantitative estimate of drug-likeness (QED) is 0.581. The number of hydrogen-bond donors (Lipinski definition) is 1. The number of alkyl halides is 3. The average molecular weight is 424 g/mol. The lowest BCUT2D eigenvalue weighted by Crippen LogP contribution is -2.30. The van der Waals surface area contributed by atoms with Crippen LogP contribution in [0.1, 0.15) is 5.56 Å². The van der Waals surface area contributed by atoms with Crippen LogP contribution in [0, 0.1) is 0 Å². The van der Waals surface area contributed by atoms with Gasteiger partial charge in [-0.1, -0.05) is 12.1 Å². The molecule has 1 aliphatic heterocycles.